The second-order valence-corrected chi connectivity index (χ2v) is 14.4. The van der Waals surface area contributed by atoms with Crippen molar-refractivity contribution >= 4 is 29.7 Å². The lowest BCUT2D eigenvalue weighted by Gasteiger charge is -2.37. The number of thiol groups is 2. The van der Waals surface area contributed by atoms with Crippen LogP contribution in [0.15, 0.2) is 0 Å². The Kier molecular flexibility index (Phi) is 9.46. The second-order valence-electron chi connectivity index (χ2n) is 4.63. The van der Waals surface area contributed by atoms with Gasteiger partial charge in [-0.25, -0.2) is 9.93 Å². The van der Waals surface area contributed by atoms with Crippen LogP contribution in [0.3, 0.4) is 0 Å². The van der Waals surface area contributed by atoms with Gasteiger partial charge in [0.15, 0.2) is 0 Å². The third-order valence-corrected chi connectivity index (χ3v) is 15.7. The molecule has 1 fully saturated rings. The molecule has 1 aliphatic heterocycles. The molecule has 3 heteroatoms. The van der Waals surface area contributed by atoms with Gasteiger partial charge in [-0.2, -0.15) is 8.96 Å². The summed E-state index contributed by atoms with van der Waals surface area (Å²) >= 11 is 0. The maximum Gasteiger partial charge on any atom is 0.00265 e. The van der Waals surface area contributed by atoms with E-state index in [0.717, 1.165) is 0 Å². The summed E-state index contributed by atoms with van der Waals surface area (Å²) in [5.41, 5.74) is 0. The molecule has 100 valence electrons. The largest absolute Gasteiger partial charge is 0.216 e. The van der Waals surface area contributed by atoms with Gasteiger partial charge in [-0.1, -0.05) is 33.1 Å². The Labute approximate surface area is 111 Å². The van der Waals surface area contributed by atoms with Crippen molar-refractivity contribution in [1.29, 1.82) is 0 Å². The van der Waals surface area contributed by atoms with Crippen molar-refractivity contribution in [2.45, 2.75) is 58.8 Å². The Bertz CT molecular complexity index is 155. The third kappa shape index (κ3) is 6.11. The Morgan fingerprint density at radius 1 is 1.00 bits per heavy atom. The monoisotopic (exact) mass is 282 g/mol. The van der Waals surface area contributed by atoms with E-state index in [-0.39, 0.29) is 0 Å². The first-order valence-electron chi connectivity index (χ1n) is 7.03. The van der Waals surface area contributed by atoms with Crippen molar-refractivity contribution in [3.05, 3.63) is 0 Å². The summed E-state index contributed by atoms with van der Waals surface area (Å²) in [5.74, 6) is 6.25. The van der Waals surface area contributed by atoms with E-state index in [9.17, 15) is 0 Å². The fourth-order valence-corrected chi connectivity index (χ4v) is 15.1. The molecule has 1 unspecified atom stereocenters. The Balaban J connectivity index is 2.28. The Morgan fingerprint density at radius 2 is 1.69 bits per heavy atom. The molecule has 0 nitrogen and oxygen atoms in total. The van der Waals surface area contributed by atoms with E-state index in [0.29, 0.717) is 18.9 Å². The highest BCUT2D eigenvalue weighted by atomic mass is 33.5. The van der Waals surface area contributed by atoms with Crippen LogP contribution in [0.2, 0.25) is 0 Å². The minimum absolute atomic E-state index is 0.385. The van der Waals surface area contributed by atoms with Crippen LogP contribution in [0.1, 0.15) is 58.8 Å². The van der Waals surface area contributed by atoms with E-state index >= 15 is 0 Å². The smallest absolute Gasteiger partial charge is 0.00265 e. The molecule has 0 spiro atoms. The molecular weight excluding hydrogens is 252 g/mol. The Morgan fingerprint density at radius 3 is 2.31 bits per heavy atom. The lowest BCUT2D eigenvalue weighted by Crippen LogP contribution is -2.03. The molecule has 1 aliphatic rings. The highest BCUT2D eigenvalue weighted by Crippen LogP contribution is 2.64. The molecule has 0 saturated carbocycles. The van der Waals surface area contributed by atoms with Gasteiger partial charge in [0.1, 0.15) is 0 Å². The topological polar surface area (TPSA) is 0 Å². The summed E-state index contributed by atoms with van der Waals surface area (Å²) in [4.78, 5) is 0. The van der Waals surface area contributed by atoms with Crippen LogP contribution in [0.25, 0.3) is 0 Å². The van der Waals surface area contributed by atoms with E-state index < -0.39 is 0 Å². The van der Waals surface area contributed by atoms with Crippen LogP contribution in [0, 0.1) is 0 Å². The quantitative estimate of drug-likeness (QED) is 0.344. The first-order chi connectivity index (χ1) is 7.88. The molecule has 1 atom stereocenters. The molecule has 0 aromatic heterocycles. The van der Waals surface area contributed by atoms with E-state index in [2.05, 4.69) is 24.6 Å². The molecular formula is C13H30S3. The molecule has 0 aromatic rings. The summed E-state index contributed by atoms with van der Waals surface area (Å²) in [6.45, 7) is 4.67. The van der Waals surface area contributed by atoms with Gasteiger partial charge in [-0.15, -0.1) is 10.8 Å². The summed E-state index contributed by atoms with van der Waals surface area (Å²) in [7, 11) is 3.24. The predicted molar refractivity (Wildman–Crippen MR) is 88.7 cm³/mol. The predicted octanol–water partition coefficient (Wildman–Crippen LogP) is 5.34. The van der Waals surface area contributed by atoms with Gasteiger partial charge in [0.25, 0.3) is 0 Å². The minimum Gasteiger partial charge on any atom is -0.216 e. The van der Waals surface area contributed by atoms with Gasteiger partial charge in [0.2, 0.25) is 0 Å². The molecule has 0 radical (unpaired) electrons. The molecule has 1 saturated heterocycles. The van der Waals surface area contributed by atoms with Gasteiger partial charge < -0.3 is 0 Å². The lowest BCUT2D eigenvalue weighted by atomic mass is 10.3. The van der Waals surface area contributed by atoms with Crippen LogP contribution in [0.4, 0.5) is 0 Å². The lowest BCUT2D eigenvalue weighted by molar-refractivity contribution is 0.763. The minimum atomic E-state index is 0.385. The molecule has 0 aromatic carbocycles. The average Bonchev–Trinajstić information content (AvgIpc) is 2.35. The fraction of sp³-hybridized carbons (Fsp3) is 1.00. The summed E-state index contributed by atoms with van der Waals surface area (Å²) < 4.78 is 0. The van der Waals surface area contributed by atoms with Crippen molar-refractivity contribution in [3.8, 4) is 0 Å². The number of rotatable bonds is 8. The SMILES string of the molecule is CCCCS[SH](CCCC)[SH]1CCCCC1. The van der Waals surface area contributed by atoms with Gasteiger partial charge in [0.05, 0.1) is 0 Å². The highest BCUT2D eigenvalue weighted by Gasteiger charge is 2.16. The molecule has 16 heavy (non-hydrogen) atoms. The number of unbranched alkanes of at least 4 members (excludes halogenated alkanes) is 2. The summed E-state index contributed by atoms with van der Waals surface area (Å²) in [6, 6.07) is 0. The van der Waals surface area contributed by atoms with Crippen molar-refractivity contribution < 1.29 is 0 Å². The van der Waals surface area contributed by atoms with E-state index in [1.807, 2.05) is 0 Å². The van der Waals surface area contributed by atoms with E-state index in [1.54, 1.807) is 30.1 Å². The van der Waals surface area contributed by atoms with Crippen LogP contribution >= 0.6 is 29.7 Å². The van der Waals surface area contributed by atoms with Gasteiger partial charge >= 0.3 is 0 Å². The summed E-state index contributed by atoms with van der Waals surface area (Å²) in [5, 5.41) is 0. The van der Waals surface area contributed by atoms with Crippen LogP contribution in [-0.2, 0) is 0 Å². The van der Waals surface area contributed by atoms with Gasteiger partial charge in [0, 0.05) is 5.75 Å². The zero-order valence-corrected chi connectivity index (χ0v) is 13.7. The zero-order valence-electron chi connectivity index (χ0n) is 11.1. The van der Waals surface area contributed by atoms with E-state index in [1.165, 1.54) is 37.9 Å². The van der Waals surface area contributed by atoms with Gasteiger partial charge in [-0.3, -0.25) is 0 Å². The van der Waals surface area contributed by atoms with Crippen LogP contribution < -0.4 is 0 Å². The van der Waals surface area contributed by atoms with Crippen LogP contribution in [0.5, 0.6) is 0 Å². The van der Waals surface area contributed by atoms with Crippen molar-refractivity contribution in [3.63, 3.8) is 0 Å². The van der Waals surface area contributed by atoms with E-state index in [4.69, 9.17) is 0 Å². The fourth-order valence-electron chi connectivity index (χ4n) is 2.00. The molecule has 1 heterocycles. The molecule has 1 rings (SSSR count). The third-order valence-electron chi connectivity index (χ3n) is 3.09. The maximum atomic E-state index is 2.39. The number of hydrogen-bond acceptors (Lipinski definition) is 1. The molecule has 0 bridgehead atoms. The van der Waals surface area contributed by atoms with Crippen molar-refractivity contribution in [1.82, 2.24) is 0 Å². The molecule has 0 N–H and O–H groups in total. The first kappa shape index (κ1) is 15.1. The first-order valence-corrected chi connectivity index (χ1v) is 12.6. The van der Waals surface area contributed by atoms with Crippen LogP contribution in [-0.4, -0.2) is 23.0 Å². The second kappa shape index (κ2) is 10.0. The molecule has 0 amide bonds. The normalized spacial score (nSPS) is 22.1. The number of hydrogen-bond donors (Lipinski definition) is 2. The Hall–Kier alpha value is 1.05. The van der Waals surface area contributed by atoms with Crippen molar-refractivity contribution in [2.24, 2.45) is 0 Å². The van der Waals surface area contributed by atoms with Crippen molar-refractivity contribution in [2.75, 3.05) is 23.0 Å². The standard InChI is InChI=1S/C13H30S3/c1-3-5-10-14-16(13-6-4-2)15-11-8-7-9-12-15/h15-16H,3-13H2,1-2H3. The maximum absolute atomic E-state index is 2.39. The summed E-state index contributed by atoms with van der Waals surface area (Å²) in [6.07, 6.45) is 10.3. The van der Waals surface area contributed by atoms with Gasteiger partial charge in [-0.05, 0) is 42.9 Å². The average molecular weight is 283 g/mol. The molecule has 0 aliphatic carbocycles. The highest BCUT2D eigenvalue weighted by molar-refractivity contribution is 9.21. The zero-order chi connectivity index (χ0) is 11.6.